The van der Waals surface area contributed by atoms with E-state index in [4.69, 9.17) is 9.47 Å². The molecule has 0 saturated carbocycles. The van der Waals surface area contributed by atoms with Gasteiger partial charge in [-0.3, -0.25) is 15.1 Å². The Hall–Kier alpha value is -2.91. The zero-order valence-electron chi connectivity index (χ0n) is 15.6. The van der Waals surface area contributed by atoms with E-state index in [1.807, 2.05) is 30.3 Å². The number of nitrogens with one attached hydrogen (secondary N) is 2. The lowest BCUT2D eigenvalue weighted by molar-refractivity contribution is -0.139. The van der Waals surface area contributed by atoms with E-state index in [-0.39, 0.29) is 6.04 Å². The van der Waals surface area contributed by atoms with Gasteiger partial charge in [-0.1, -0.05) is 6.07 Å². The zero-order chi connectivity index (χ0) is 20.4. The molecule has 0 fully saturated rings. The number of aromatic amines is 1. The van der Waals surface area contributed by atoms with Gasteiger partial charge in [0.05, 0.1) is 35.3 Å². The number of rotatable bonds is 6. The van der Waals surface area contributed by atoms with Gasteiger partial charge in [-0.2, -0.15) is 0 Å². The summed E-state index contributed by atoms with van der Waals surface area (Å²) in [6.07, 6.45) is 3.65. The van der Waals surface area contributed by atoms with E-state index >= 15 is 0 Å². The summed E-state index contributed by atoms with van der Waals surface area (Å²) >= 11 is 3.56. The van der Waals surface area contributed by atoms with Crippen LogP contribution in [-0.4, -0.2) is 39.2 Å². The van der Waals surface area contributed by atoms with Crippen molar-refractivity contribution in [1.82, 2.24) is 20.3 Å². The molecule has 3 aromatic rings. The number of aromatic nitrogens is 3. The molecular weight excluding hydrogens is 440 g/mol. The summed E-state index contributed by atoms with van der Waals surface area (Å²) < 4.78 is 12.2. The van der Waals surface area contributed by atoms with Crippen molar-refractivity contribution in [2.24, 2.45) is 0 Å². The standard InChI is InChI=1S/C20H19BrN4O4/c1-28-16-7-11(6-13(21)19(16)29-9-12-4-2-3-5-22-12)17-18-14(23-10-24-18)8-15(25-17)20(26)27/h2-7,10,15,17,25H,8-9H2,1H3,(H,23,24)(H,26,27). The molecule has 1 aromatic carbocycles. The highest BCUT2D eigenvalue weighted by Crippen LogP contribution is 2.40. The van der Waals surface area contributed by atoms with Gasteiger partial charge in [0, 0.05) is 18.3 Å². The van der Waals surface area contributed by atoms with Crippen LogP contribution < -0.4 is 14.8 Å². The third-order valence-electron chi connectivity index (χ3n) is 4.77. The predicted octanol–water partition coefficient (Wildman–Crippen LogP) is 2.84. The minimum Gasteiger partial charge on any atom is -0.493 e. The van der Waals surface area contributed by atoms with Crippen molar-refractivity contribution in [3.63, 3.8) is 0 Å². The third-order valence-corrected chi connectivity index (χ3v) is 5.36. The number of pyridine rings is 1. The fourth-order valence-corrected chi connectivity index (χ4v) is 3.95. The molecule has 3 heterocycles. The lowest BCUT2D eigenvalue weighted by Gasteiger charge is -2.29. The van der Waals surface area contributed by atoms with Crippen LogP contribution in [0.5, 0.6) is 11.5 Å². The number of imidazole rings is 1. The first-order valence-electron chi connectivity index (χ1n) is 8.98. The number of nitrogens with zero attached hydrogens (tertiary/aromatic N) is 2. The second-order valence-corrected chi connectivity index (χ2v) is 7.46. The van der Waals surface area contributed by atoms with Gasteiger partial charge in [0.2, 0.25) is 0 Å². The molecule has 2 unspecified atom stereocenters. The smallest absolute Gasteiger partial charge is 0.321 e. The van der Waals surface area contributed by atoms with E-state index in [0.29, 0.717) is 29.0 Å². The molecule has 8 nitrogen and oxygen atoms in total. The molecule has 4 rings (SSSR count). The first-order chi connectivity index (χ1) is 14.1. The van der Waals surface area contributed by atoms with E-state index in [1.54, 1.807) is 19.6 Å². The lowest BCUT2D eigenvalue weighted by Crippen LogP contribution is -2.45. The van der Waals surface area contributed by atoms with E-state index in [2.05, 4.69) is 36.2 Å². The number of carboxylic acid groups (broad SMARTS) is 1. The summed E-state index contributed by atoms with van der Waals surface area (Å²) in [6.45, 7) is 0.293. The lowest BCUT2D eigenvalue weighted by atomic mass is 9.93. The fourth-order valence-electron chi connectivity index (χ4n) is 3.38. The van der Waals surface area contributed by atoms with Gasteiger partial charge < -0.3 is 19.6 Å². The highest BCUT2D eigenvalue weighted by Gasteiger charge is 2.34. The number of H-pyrrole nitrogens is 1. The van der Waals surface area contributed by atoms with Crippen molar-refractivity contribution in [2.75, 3.05) is 7.11 Å². The molecule has 150 valence electrons. The number of halogens is 1. The van der Waals surface area contributed by atoms with Crippen molar-refractivity contribution in [2.45, 2.75) is 25.1 Å². The Balaban J connectivity index is 1.65. The molecule has 0 saturated heterocycles. The van der Waals surface area contributed by atoms with Crippen molar-refractivity contribution in [3.8, 4) is 11.5 Å². The molecule has 0 aliphatic carbocycles. The van der Waals surface area contributed by atoms with Crippen LogP contribution in [0.1, 0.15) is 28.7 Å². The number of carboxylic acids is 1. The van der Waals surface area contributed by atoms with Gasteiger partial charge >= 0.3 is 5.97 Å². The van der Waals surface area contributed by atoms with Crippen molar-refractivity contribution >= 4 is 21.9 Å². The van der Waals surface area contributed by atoms with Crippen LogP contribution in [0.25, 0.3) is 0 Å². The summed E-state index contributed by atoms with van der Waals surface area (Å²) in [5, 5.41) is 12.6. The first kappa shape index (κ1) is 19.4. The van der Waals surface area contributed by atoms with Gasteiger partial charge in [-0.05, 0) is 45.8 Å². The summed E-state index contributed by atoms with van der Waals surface area (Å²) in [7, 11) is 1.56. The average molecular weight is 459 g/mol. The molecule has 3 N–H and O–H groups in total. The largest absolute Gasteiger partial charge is 0.493 e. The van der Waals surface area contributed by atoms with E-state index in [0.717, 1.165) is 22.6 Å². The molecule has 2 aromatic heterocycles. The number of methoxy groups -OCH3 is 1. The Morgan fingerprint density at radius 1 is 1.34 bits per heavy atom. The molecular formula is C20H19BrN4O4. The Morgan fingerprint density at radius 2 is 2.21 bits per heavy atom. The van der Waals surface area contributed by atoms with Crippen molar-refractivity contribution < 1.29 is 19.4 Å². The number of fused-ring (bicyclic) bond motifs is 1. The molecule has 1 aliphatic heterocycles. The molecule has 0 bridgehead atoms. The number of aliphatic carboxylic acids is 1. The normalized spacial score (nSPS) is 18.1. The predicted molar refractivity (Wildman–Crippen MR) is 108 cm³/mol. The van der Waals surface area contributed by atoms with Crippen LogP contribution in [0, 0.1) is 0 Å². The summed E-state index contributed by atoms with van der Waals surface area (Å²) in [4.78, 5) is 23.3. The monoisotopic (exact) mass is 458 g/mol. The van der Waals surface area contributed by atoms with Crippen molar-refractivity contribution in [3.05, 3.63) is 70.0 Å². The molecule has 1 aliphatic rings. The molecule has 29 heavy (non-hydrogen) atoms. The maximum Gasteiger partial charge on any atom is 0.321 e. The topological polar surface area (TPSA) is 109 Å². The number of carbonyl (C=O) groups is 1. The second-order valence-electron chi connectivity index (χ2n) is 6.60. The van der Waals surface area contributed by atoms with Crippen LogP contribution in [0.3, 0.4) is 0 Å². The van der Waals surface area contributed by atoms with Gasteiger partial charge in [0.15, 0.2) is 11.5 Å². The van der Waals surface area contributed by atoms with Gasteiger partial charge in [0.25, 0.3) is 0 Å². The highest BCUT2D eigenvalue weighted by atomic mass is 79.9. The summed E-state index contributed by atoms with van der Waals surface area (Å²) in [5.41, 5.74) is 3.20. The maximum atomic E-state index is 11.6. The van der Waals surface area contributed by atoms with Crippen LogP contribution in [0.15, 0.2) is 47.3 Å². The second kappa shape index (κ2) is 8.22. The van der Waals surface area contributed by atoms with Crippen LogP contribution in [0.4, 0.5) is 0 Å². The number of benzene rings is 1. The minimum atomic E-state index is -0.906. The number of ether oxygens (including phenoxy) is 2. The number of hydrogen-bond acceptors (Lipinski definition) is 6. The molecule has 2 atom stereocenters. The van der Waals surface area contributed by atoms with Crippen molar-refractivity contribution in [1.29, 1.82) is 0 Å². The first-order valence-corrected chi connectivity index (χ1v) is 9.77. The highest BCUT2D eigenvalue weighted by molar-refractivity contribution is 9.10. The van der Waals surface area contributed by atoms with Crippen LogP contribution in [0.2, 0.25) is 0 Å². The van der Waals surface area contributed by atoms with Crippen LogP contribution in [-0.2, 0) is 17.8 Å². The SMILES string of the molecule is COc1cc(C2NC(C(=O)O)Cc3[nH]cnc32)cc(Br)c1OCc1ccccn1. The molecule has 0 radical (unpaired) electrons. The maximum absolute atomic E-state index is 11.6. The quantitative estimate of drug-likeness (QED) is 0.520. The van der Waals surface area contributed by atoms with E-state index < -0.39 is 12.0 Å². The van der Waals surface area contributed by atoms with Crippen LogP contribution >= 0.6 is 15.9 Å². The molecule has 0 amide bonds. The Labute approximate surface area is 175 Å². The van der Waals surface area contributed by atoms with Gasteiger partial charge in [-0.25, -0.2) is 4.98 Å². The third kappa shape index (κ3) is 3.96. The zero-order valence-corrected chi connectivity index (χ0v) is 17.1. The molecule has 0 spiro atoms. The Morgan fingerprint density at radius 3 is 2.93 bits per heavy atom. The number of hydrogen-bond donors (Lipinski definition) is 3. The minimum absolute atomic E-state index is 0.293. The Bertz CT molecular complexity index is 1020. The Kier molecular flexibility index (Phi) is 5.50. The fraction of sp³-hybridized carbons (Fsp3) is 0.250. The molecule has 9 heteroatoms. The average Bonchev–Trinajstić information content (AvgIpc) is 3.21. The van der Waals surface area contributed by atoms with E-state index in [9.17, 15) is 9.90 Å². The van der Waals surface area contributed by atoms with Gasteiger partial charge in [-0.15, -0.1) is 0 Å². The summed E-state index contributed by atoms with van der Waals surface area (Å²) in [6, 6.07) is 8.25. The van der Waals surface area contributed by atoms with Gasteiger partial charge in [0.1, 0.15) is 12.6 Å². The summed E-state index contributed by atoms with van der Waals surface area (Å²) in [5.74, 6) is 0.174. The van der Waals surface area contributed by atoms with E-state index in [1.165, 1.54) is 0 Å².